The molecule has 0 saturated heterocycles. The molecule has 7 heteroatoms. The molecule has 0 aliphatic heterocycles. The first-order valence-corrected chi connectivity index (χ1v) is 9.36. The summed E-state index contributed by atoms with van der Waals surface area (Å²) in [5.41, 5.74) is 1.15. The molecule has 0 aliphatic carbocycles. The summed E-state index contributed by atoms with van der Waals surface area (Å²) in [5.74, 6) is -0.180. The molecular weight excluding hydrogens is 374 g/mol. The molecule has 2 aromatic rings. The van der Waals surface area contributed by atoms with Crippen molar-refractivity contribution in [2.24, 2.45) is 0 Å². The third-order valence-electron chi connectivity index (χ3n) is 4.37. The van der Waals surface area contributed by atoms with Crippen molar-refractivity contribution < 1.29 is 28.5 Å². The van der Waals surface area contributed by atoms with Gasteiger partial charge in [-0.3, -0.25) is 4.79 Å². The Hall–Kier alpha value is -3.22. The molecule has 7 nitrogen and oxygen atoms in total. The van der Waals surface area contributed by atoms with Gasteiger partial charge in [0.25, 0.3) is 5.91 Å². The van der Waals surface area contributed by atoms with Crippen LogP contribution in [0.2, 0.25) is 0 Å². The van der Waals surface area contributed by atoms with Crippen molar-refractivity contribution in [1.29, 1.82) is 0 Å². The monoisotopic (exact) mass is 401 g/mol. The van der Waals surface area contributed by atoms with E-state index in [2.05, 4.69) is 5.32 Å². The van der Waals surface area contributed by atoms with Gasteiger partial charge in [-0.25, -0.2) is 4.79 Å². The standard InChI is InChI=1S/C22H27NO6/c1-5-9-17(15-10-7-6-8-11-15)23-19(24)14-29-22(25)16-12-13-18(26-2)21(28-4)20(16)27-3/h6-8,10-13,17H,5,9,14H2,1-4H3,(H,23,24)/t17-/m1/s1. The molecule has 0 unspecified atom stereocenters. The minimum absolute atomic E-state index is 0.136. The Morgan fingerprint density at radius 2 is 1.62 bits per heavy atom. The average molecular weight is 401 g/mol. The fourth-order valence-corrected chi connectivity index (χ4v) is 3.00. The number of methoxy groups -OCH3 is 3. The van der Waals surface area contributed by atoms with Crippen LogP contribution in [-0.2, 0) is 9.53 Å². The molecule has 156 valence electrons. The second-order valence-electron chi connectivity index (χ2n) is 6.28. The van der Waals surface area contributed by atoms with Gasteiger partial charge in [0.05, 0.1) is 27.4 Å². The van der Waals surface area contributed by atoms with Crippen LogP contribution in [0.1, 0.15) is 41.7 Å². The van der Waals surface area contributed by atoms with Gasteiger partial charge in [-0.05, 0) is 24.1 Å². The molecule has 0 aromatic heterocycles. The number of nitrogens with one attached hydrogen (secondary N) is 1. The Labute approximate surface area is 170 Å². The lowest BCUT2D eigenvalue weighted by atomic mass is 10.0. The van der Waals surface area contributed by atoms with Gasteiger partial charge in [0.2, 0.25) is 5.75 Å². The van der Waals surface area contributed by atoms with Crippen molar-refractivity contribution in [2.75, 3.05) is 27.9 Å². The van der Waals surface area contributed by atoms with Crippen molar-refractivity contribution >= 4 is 11.9 Å². The molecule has 2 aromatic carbocycles. The van der Waals surface area contributed by atoms with Crippen LogP contribution in [0.25, 0.3) is 0 Å². The molecule has 1 amide bonds. The molecule has 2 rings (SSSR count). The largest absolute Gasteiger partial charge is 0.493 e. The topological polar surface area (TPSA) is 83.1 Å². The molecule has 1 N–H and O–H groups in total. The van der Waals surface area contributed by atoms with Gasteiger partial charge in [0.1, 0.15) is 5.56 Å². The van der Waals surface area contributed by atoms with Gasteiger partial charge < -0.3 is 24.3 Å². The van der Waals surface area contributed by atoms with E-state index in [1.54, 1.807) is 6.07 Å². The summed E-state index contributed by atoms with van der Waals surface area (Å²) in [7, 11) is 4.34. The van der Waals surface area contributed by atoms with Gasteiger partial charge in [0.15, 0.2) is 18.1 Å². The van der Waals surface area contributed by atoms with E-state index in [0.29, 0.717) is 5.75 Å². The third-order valence-corrected chi connectivity index (χ3v) is 4.37. The number of carbonyl (C=O) groups is 2. The maximum absolute atomic E-state index is 12.5. The first-order valence-electron chi connectivity index (χ1n) is 9.36. The minimum atomic E-state index is -0.690. The summed E-state index contributed by atoms with van der Waals surface area (Å²) in [6.07, 6.45) is 1.69. The summed E-state index contributed by atoms with van der Waals surface area (Å²) < 4.78 is 20.9. The zero-order chi connectivity index (χ0) is 21.2. The third kappa shape index (κ3) is 5.63. The lowest BCUT2D eigenvalue weighted by Gasteiger charge is -2.19. The highest BCUT2D eigenvalue weighted by Gasteiger charge is 2.23. The molecule has 0 bridgehead atoms. The van der Waals surface area contributed by atoms with Crippen molar-refractivity contribution in [3.05, 3.63) is 53.6 Å². The molecule has 0 saturated carbocycles. The highest BCUT2D eigenvalue weighted by Crippen LogP contribution is 2.39. The van der Waals surface area contributed by atoms with E-state index in [4.69, 9.17) is 18.9 Å². The van der Waals surface area contributed by atoms with Crippen molar-refractivity contribution in [3.63, 3.8) is 0 Å². The van der Waals surface area contributed by atoms with Crippen LogP contribution in [0, 0.1) is 0 Å². The average Bonchev–Trinajstić information content (AvgIpc) is 2.76. The second kappa shape index (κ2) is 10.9. The molecule has 29 heavy (non-hydrogen) atoms. The van der Waals surface area contributed by atoms with E-state index in [1.165, 1.54) is 27.4 Å². The van der Waals surface area contributed by atoms with Crippen molar-refractivity contribution in [2.45, 2.75) is 25.8 Å². The van der Waals surface area contributed by atoms with Crippen LogP contribution < -0.4 is 19.5 Å². The van der Waals surface area contributed by atoms with Crippen LogP contribution in [0.5, 0.6) is 17.2 Å². The van der Waals surface area contributed by atoms with E-state index >= 15 is 0 Å². The number of benzene rings is 2. The van der Waals surface area contributed by atoms with E-state index < -0.39 is 12.6 Å². The van der Waals surface area contributed by atoms with E-state index in [1.807, 2.05) is 37.3 Å². The number of amides is 1. The summed E-state index contributed by atoms with van der Waals surface area (Å²) >= 11 is 0. The zero-order valence-electron chi connectivity index (χ0n) is 17.2. The normalized spacial score (nSPS) is 11.3. The summed E-state index contributed by atoms with van der Waals surface area (Å²) in [6, 6.07) is 12.6. The lowest BCUT2D eigenvalue weighted by molar-refractivity contribution is -0.125. The van der Waals surface area contributed by atoms with Gasteiger partial charge in [-0.1, -0.05) is 43.7 Å². The summed E-state index contributed by atoms with van der Waals surface area (Å²) in [4.78, 5) is 24.9. The van der Waals surface area contributed by atoms with E-state index in [0.717, 1.165) is 18.4 Å². The number of carbonyl (C=O) groups excluding carboxylic acids is 2. The summed E-state index contributed by atoms with van der Waals surface area (Å²) in [5, 5.41) is 2.92. The predicted molar refractivity (Wildman–Crippen MR) is 109 cm³/mol. The quantitative estimate of drug-likeness (QED) is 0.613. The number of ether oxygens (including phenoxy) is 4. The predicted octanol–water partition coefficient (Wildman–Crippen LogP) is 3.53. The first-order chi connectivity index (χ1) is 14.0. The molecular formula is C22H27NO6. The van der Waals surface area contributed by atoms with Gasteiger partial charge in [0, 0.05) is 0 Å². The maximum Gasteiger partial charge on any atom is 0.342 e. The smallest absolute Gasteiger partial charge is 0.342 e. The van der Waals surface area contributed by atoms with Crippen LogP contribution in [0.15, 0.2) is 42.5 Å². The molecule has 1 atom stereocenters. The maximum atomic E-state index is 12.5. The van der Waals surface area contributed by atoms with Crippen molar-refractivity contribution in [3.8, 4) is 17.2 Å². The Bertz CT molecular complexity index is 822. The van der Waals surface area contributed by atoms with Crippen molar-refractivity contribution in [1.82, 2.24) is 5.32 Å². The summed E-state index contributed by atoms with van der Waals surface area (Å²) in [6.45, 7) is 1.65. The SMILES string of the molecule is CCC[C@@H](NC(=O)COC(=O)c1ccc(OC)c(OC)c1OC)c1ccccc1. The molecule has 0 aliphatic rings. The number of esters is 1. The Balaban J connectivity index is 2.05. The molecule has 0 radical (unpaired) electrons. The van der Waals surface area contributed by atoms with Crippen LogP contribution in [0.4, 0.5) is 0 Å². The Morgan fingerprint density at radius 3 is 2.21 bits per heavy atom. The highest BCUT2D eigenvalue weighted by atomic mass is 16.5. The second-order valence-corrected chi connectivity index (χ2v) is 6.28. The molecule has 0 spiro atoms. The number of hydrogen-bond acceptors (Lipinski definition) is 6. The fraction of sp³-hybridized carbons (Fsp3) is 0.364. The van der Waals surface area contributed by atoms with Crippen LogP contribution in [-0.4, -0.2) is 39.8 Å². The number of rotatable bonds is 10. The Morgan fingerprint density at radius 1 is 0.931 bits per heavy atom. The molecule has 0 fully saturated rings. The van der Waals surface area contributed by atoms with Gasteiger partial charge in [-0.2, -0.15) is 0 Å². The molecule has 0 heterocycles. The number of hydrogen-bond donors (Lipinski definition) is 1. The van der Waals surface area contributed by atoms with E-state index in [9.17, 15) is 9.59 Å². The van der Waals surface area contributed by atoms with Crippen LogP contribution in [0.3, 0.4) is 0 Å². The minimum Gasteiger partial charge on any atom is -0.493 e. The first kappa shape index (κ1) is 22.1. The van der Waals surface area contributed by atoms with E-state index in [-0.39, 0.29) is 29.0 Å². The fourth-order valence-electron chi connectivity index (χ4n) is 3.00. The van der Waals surface area contributed by atoms with Gasteiger partial charge in [-0.15, -0.1) is 0 Å². The van der Waals surface area contributed by atoms with Crippen LogP contribution >= 0.6 is 0 Å². The highest BCUT2D eigenvalue weighted by molar-refractivity contribution is 5.95. The zero-order valence-corrected chi connectivity index (χ0v) is 17.2. The Kier molecular flexibility index (Phi) is 8.33. The lowest BCUT2D eigenvalue weighted by Crippen LogP contribution is -2.32. The van der Waals surface area contributed by atoms with Gasteiger partial charge >= 0.3 is 5.97 Å².